The van der Waals surface area contributed by atoms with Gasteiger partial charge in [-0.05, 0) is 215 Å². The van der Waals surface area contributed by atoms with Crippen LogP contribution >= 0.6 is 34.8 Å². The van der Waals surface area contributed by atoms with Gasteiger partial charge in [0.15, 0.2) is 0 Å². The molecule has 6 aromatic carbocycles. The van der Waals surface area contributed by atoms with Gasteiger partial charge in [-0.3, -0.25) is 43.6 Å². The smallest absolute Gasteiger partial charge is 0.252 e. The highest BCUT2D eigenvalue weighted by molar-refractivity contribution is 6.36. The number of rotatable bonds is 10. The van der Waals surface area contributed by atoms with Crippen molar-refractivity contribution in [1.29, 1.82) is 0 Å². The molecule has 0 atom stereocenters. The molecular weight excluding hydrogens is 1500 g/mol. The molecule has 11 N–H and O–H groups in total. The number of fused-ring (bicyclic) bond motifs is 8. The molecule has 606 valence electrons. The molecule has 13 aromatic rings. The van der Waals surface area contributed by atoms with Crippen molar-refractivity contribution < 1.29 is 14.4 Å². The molecule has 16 rings (SSSR count). The number of likely N-dealkylation sites (tertiary alicyclic amines) is 3. The van der Waals surface area contributed by atoms with E-state index in [1.807, 2.05) is 48.8 Å². The quantitative estimate of drug-likeness (QED) is 0.0628. The molecule has 0 bridgehead atoms. The molecule has 0 spiro atoms. The average molecular weight is 1610 g/mol. The van der Waals surface area contributed by atoms with Crippen LogP contribution in [0.25, 0.3) is 93.5 Å². The van der Waals surface area contributed by atoms with Crippen molar-refractivity contribution in [1.82, 2.24) is 49.2 Å². The Hall–Kier alpha value is -10.1. The number of H-pyrrole nitrogens is 1. The fraction of sp³-hybridized carbons (Fsp3) is 0.355. The van der Waals surface area contributed by atoms with Crippen molar-refractivity contribution in [2.75, 3.05) is 31.8 Å². The van der Waals surface area contributed by atoms with Gasteiger partial charge < -0.3 is 38.6 Å². The topological polar surface area (TPSA) is 274 Å². The molecular formula is C93H115Cl3N16O3. The predicted molar refractivity (Wildman–Crippen MR) is 483 cm³/mol. The number of hydrogen-bond donors (Lipinski definition) is 7. The molecule has 0 radical (unpaired) electrons. The number of carbonyl (C=O) groups excluding carboxylic acids is 3. The second-order valence-corrected chi connectivity index (χ2v) is 34.9. The van der Waals surface area contributed by atoms with Gasteiger partial charge in [0.05, 0.1) is 55.2 Å². The first-order chi connectivity index (χ1) is 52.8. The highest BCUT2D eigenvalue weighted by Crippen LogP contribution is 2.44. The maximum Gasteiger partial charge on any atom is 0.252 e. The number of nitrogens with zero attached hydrogens (tertiary/aromatic N) is 9. The van der Waals surface area contributed by atoms with Gasteiger partial charge in [-0.1, -0.05) is 154 Å². The number of hydrogen-bond acceptors (Lipinski definition) is 14. The van der Waals surface area contributed by atoms with Gasteiger partial charge in [-0.2, -0.15) is 0 Å². The lowest BCUT2D eigenvalue weighted by atomic mass is 9.77. The van der Waals surface area contributed by atoms with Gasteiger partial charge in [-0.15, -0.1) is 0 Å². The second kappa shape index (κ2) is 35.2. The zero-order valence-electron chi connectivity index (χ0n) is 66.6. The van der Waals surface area contributed by atoms with Crippen molar-refractivity contribution in [2.24, 2.45) is 22.9 Å². The number of benzene rings is 6. The maximum absolute atomic E-state index is 12.6. The summed E-state index contributed by atoms with van der Waals surface area (Å²) in [5.41, 5.74) is 36.2. The van der Waals surface area contributed by atoms with Crippen LogP contribution in [-0.2, 0) is 0 Å². The first-order valence-electron chi connectivity index (χ1n) is 37.9. The number of piperidine rings is 3. The van der Waals surface area contributed by atoms with Crippen molar-refractivity contribution in [3.63, 3.8) is 0 Å². The van der Waals surface area contributed by atoms with E-state index in [-0.39, 0.29) is 83.3 Å². The number of amides is 3. The summed E-state index contributed by atoms with van der Waals surface area (Å²) in [5.74, 6) is -0.882. The van der Waals surface area contributed by atoms with E-state index in [0.29, 0.717) is 33.7 Å². The summed E-state index contributed by atoms with van der Waals surface area (Å²) < 4.78 is 2.18. The summed E-state index contributed by atoms with van der Waals surface area (Å²) in [6.07, 6.45) is 14.2. The molecule has 3 aliphatic heterocycles. The molecule has 7 aromatic heterocycles. The number of nitrogens with one attached hydrogen (secondary N) is 3. The third-order valence-corrected chi connectivity index (χ3v) is 24.0. The van der Waals surface area contributed by atoms with E-state index in [0.717, 1.165) is 105 Å². The number of carbonyl (C=O) groups is 3. The number of nitrogens with two attached hydrogens (primary N) is 4. The summed E-state index contributed by atoms with van der Waals surface area (Å²) >= 11 is 17.0. The molecule has 0 aliphatic carbocycles. The Morgan fingerprint density at radius 1 is 0.417 bits per heavy atom. The Morgan fingerprint density at radius 2 is 0.809 bits per heavy atom. The minimum absolute atomic E-state index is 0. The van der Waals surface area contributed by atoms with Gasteiger partial charge in [-0.25, -0.2) is 15.0 Å². The lowest BCUT2D eigenvalue weighted by Gasteiger charge is -2.54. The highest BCUT2D eigenvalue weighted by atomic mass is 35.5. The Morgan fingerprint density at radius 3 is 1.30 bits per heavy atom. The summed E-state index contributed by atoms with van der Waals surface area (Å²) in [6, 6.07) is 56.3. The fourth-order valence-electron chi connectivity index (χ4n) is 17.1. The Labute approximate surface area is 693 Å². The molecule has 3 aliphatic rings. The van der Waals surface area contributed by atoms with E-state index in [1.54, 1.807) is 12.3 Å². The standard InChI is InChI=1S/C37H38N6O.C21H14N2.C16H25ClN4O.C10H22N2.C6H4Cl2N2O.3CH4/c1-36(2)19-25(20-37(3,4)42(36)5)41-30-18-33(40-22-28(30)35(38)44)43-31-15-9-7-12-27(31)34-26(13-10-16-32(34)43)24-17-23-11-6-8-14-29(23)39-21-24;1-3-9-18-14(6-1)12-15(13-22-18)16-8-5-11-20-21(16)17-7-2-4-10-19(17)23-20;1-15(2)7-10(8-16(3,4)21(15)5)20-12-6-13(17)19-9-11(12)14(18)22;1-9(2)6-8(11)7-10(3,4)12(9)5;7-4-1-5(8)10-2-3(4)6(9)11;;;/h6-18,21-22,25H,19-20H2,1-5H3,(H2,38,44)(H,40,41);1-13,23H;6,9-10H,7-8H2,1-5H3,(H2,18,22)(H,19,20);8H,6-7,11H2,1-5H3;1-2H,(H2,9,11);3*1H4. The minimum Gasteiger partial charge on any atom is -0.381 e. The third-order valence-electron chi connectivity index (χ3n) is 23.3. The van der Waals surface area contributed by atoms with E-state index in [2.05, 4.69) is 269 Å². The second-order valence-electron chi connectivity index (χ2n) is 33.7. The highest BCUT2D eigenvalue weighted by Gasteiger charge is 2.45. The number of aromatic amines is 1. The lowest BCUT2D eigenvalue weighted by Crippen LogP contribution is -2.61. The van der Waals surface area contributed by atoms with Crippen LogP contribution in [0.5, 0.6) is 0 Å². The van der Waals surface area contributed by atoms with Gasteiger partial charge in [0.2, 0.25) is 0 Å². The number of primary amides is 3. The molecule has 3 amide bonds. The molecule has 115 heavy (non-hydrogen) atoms. The van der Waals surface area contributed by atoms with Crippen LogP contribution in [0.2, 0.25) is 15.3 Å². The Balaban J connectivity index is 0.000000180. The van der Waals surface area contributed by atoms with Crippen LogP contribution in [0.15, 0.2) is 195 Å². The monoisotopic (exact) mass is 1610 g/mol. The molecule has 3 saturated heterocycles. The predicted octanol–water partition coefficient (Wildman–Crippen LogP) is 21.0. The SMILES string of the molecule is C.C.C.CN1C(C)(C)CC(N)CC1(C)C.CN1C(C)(C)CC(Nc2cc(-n3c4ccccc4c4c(-c5cnc6ccccc6c5)cccc43)ncc2C(N)=O)CC1(C)C.CN1C(C)(C)CC(Nc2cc(Cl)ncc2C(N)=O)CC1(C)C.NC(=O)c1cnc(Cl)cc1Cl.c1ccc2ncc(-c3cccc4[nH]c5ccccc5c34)cc2c1. The zero-order chi connectivity index (χ0) is 80.7. The first kappa shape index (κ1) is 88.9. The third kappa shape index (κ3) is 19.2. The van der Waals surface area contributed by atoms with E-state index >= 15 is 0 Å². The van der Waals surface area contributed by atoms with Crippen LogP contribution in [0.1, 0.15) is 175 Å². The lowest BCUT2D eigenvalue weighted by molar-refractivity contribution is -0.0112. The molecule has 0 saturated carbocycles. The Bertz CT molecular complexity index is 5640. The normalized spacial score (nSPS) is 17.0. The van der Waals surface area contributed by atoms with Crippen molar-refractivity contribution in [3.8, 4) is 28.1 Å². The number of halogens is 3. The van der Waals surface area contributed by atoms with E-state index in [9.17, 15) is 14.4 Å². The summed E-state index contributed by atoms with van der Waals surface area (Å²) in [6.45, 7) is 27.1. The molecule has 0 unspecified atom stereocenters. The minimum atomic E-state index is -0.612. The molecule has 22 heteroatoms. The number of aromatic nitrogens is 7. The van der Waals surface area contributed by atoms with Crippen LogP contribution in [0, 0.1) is 0 Å². The first-order valence-corrected chi connectivity index (χ1v) is 39.1. The maximum atomic E-state index is 12.6. The number of para-hydroxylation sites is 4. The fourth-order valence-corrected chi connectivity index (χ4v) is 17.8. The van der Waals surface area contributed by atoms with Gasteiger partial charge in [0.25, 0.3) is 17.7 Å². The van der Waals surface area contributed by atoms with Gasteiger partial charge in [0, 0.05) is 143 Å². The summed E-state index contributed by atoms with van der Waals surface area (Å²) in [4.78, 5) is 67.3. The summed E-state index contributed by atoms with van der Waals surface area (Å²) in [7, 11) is 6.56. The van der Waals surface area contributed by atoms with Crippen molar-refractivity contribution >= 4 is 129 Å². The molecule has 3 fully saturated rings. The van der Waals surface area contributed by atoms with Gasteiger partial charge in [0.1, 0.15) is 16.1 Å². The largest absolute Gasteiger partial charge is 0.381 e. The van der Waals surface area contributed by atoms with Gasteiger partial charge >= 0.3 is 0 Å². The number of anilines is 2. The van der Waals surface area contributed by atoms with E-state index < -0.39 is 17.7 Å². The van der Waals surface area contributed by atoms with Crippen LogP contribution in [-0.4, -0.2) is 139 Å². The zero-order valence-corrected chi connectivity index (χ0v) is 68.9. The molecule has 10 heterocycles. The van der Waals surface area contributed by atoms with Crippen LogP contribution < -0.4 is 33.6 Å². The van der Waals surface area contributed by atoms with Crippen LogP contribution in [0.4, 0.5) is 11.4 Å². The van der Waals surface area contributed by atoms with Crippen molar-refractivity contribution in [3.05, 3.63) is 227 Å². The molecule has 19 nitrogen and oxygen atoms in total. The van der Waals surface area contributed by atoms with E-state index in [4.69, 9.17) is 67.7 Å². The van der Waals surface area contributed by atoms with Crippen molar-refractivity contribution in [2.45, 2.75) is 195 Å². The van der Waals surface area contributed by atoms with Crippen LogP contribution in [0.3, 0.4) is 0 Å². The average Bonchev–Trinajstić information content (AvgIpc) is 1.58. The summed E-state index contributed by atoms with van der Waals surface area (Å²) in [5, 5.41) is 15.0. The van der Waals surface area contributed by atoms with E-state index in [1.165, 1.54) is 45.7 Å². The Kier molecular flexibility index (Phi) is 27.2. The number of pyridine rings is 5.